The molecule has 0 saturated heterocycles. The van der Waals surface area contributed by atoms with Crippen LogP contribution in [0.4, 0.5) is 8.78 Å². The van der Waals surface area contributed by atoms with Gasteiger partial charge in [0.25, 0.3) is 0 Å². The molecule has 0 saturated carbocycles. The van der Waals surface area contributed by atoms with Crippen molar-refractivity contribution in [2.24, 2.45) is 0 Å². The molecular weight excluding hydrogens is 398 g/mol. The molecule has 27 heavy (non-hydrogen) atoms. The summed E-state index contributed by atoms with van der Waals surface area (Å²) in [7, 11) is -7.65. The van der Waals surface area contributed by atoms with E-state index in [9.17, 15) is 25.6 Å². The molecule has 0 fully saturated rings. The fourth-order valence-electron chi connectivity index (χ4n) is 2.49. The van der Waals surface area contributed by atoms with E-state index < -0.39 is 31.7 Å². The second-order valence-corrected chi connectivity index (χ2v) is 9.44. The quantitative estimate of drug-likeness (QED) is 0.643. The molecule has 0 aliphatic carbocycles. The van der Waals surface area contributed by atoms with Crippen molar-refractivity contribution in [3.8, 4) is 0 Å². The van der Waals surface area contributed by atoms with Crippen molar-refractivity contribution >= 4 is 20.0 Å². The van der Waals surface area contributed by atoms with Crippen molar-refractivity contribution in [1.29, 1.82) is 0 Å². The van der Waals surface area contributed by atoms with Gasteiger partial charge in [-0.25, -0.2) is 35.1 Å². The minimum absolute atomic E-state index is 0.00985. The third kappa shape index (κ3) is 5.55. The molecule has 0 aliphatic rings. The molecule has 0 heterocycles. The molecule has 2 N–H and O–H groups in total. The number of hydrogen-bond donors (Lipinski definition) is 2. The van der Waals surface area contributed by atoms with Crippen LogP contribution in [0.5, 0.6) is 0 Å². The molecule has 0 bridgehead atoms. The van der Waals surface area contributed by atoms with Crippen molar-refractivity contribution in [2.45, 2.75) is 30.1 Å². The van der Waals surface area contributed by atoms with Crippen LogP contribution < -0.4 is 9.44 Å². The highest BCUT2D eigenvalue weighted by atomic mass is 32.2. The van der Waals surface area contributed by atoms with Crippen LogP contribution in [0.2, 0.25) is 0 Å². The molecule has 148 valence electrons. The molecule has 6 nitrogen and oxygen atoms in total. The Morgan fingerprint density at radius 2 is 1.11 bits per heavy atom. The van der Waals surface area contributed by atoms with Gasteiger partial charge in [0.2, 0.25) is 20.0 Å². The maximum Gasteiger partial charge on any atom is 0.240 e. The van der Waals surface area contributed by atoms with E-state index >= 15 is 0 Å². The van der Waals surface area contributed by atoms with E-state index in [0.717, 1.165) is 24.3 Å². The third-order valence-electron chi connectivity index (χ3n) is 3.79. The van der Waals surface area contributed by atoms with Crippen LogP contribution in [0.25, 0.3) is 0 Å². The maximum absolute atomic E-state index is 13.1. The summed E-state index contributed by atoms with van der Waals surface area (Å²) < 4.78 is 79.7. The van der Waals surface area contributed by atoms with Gasteiger partial charge in [-0.1, -0.05) is 0 Å². The van der Waals surface area contributed by atoms with Crippen LogP contribution in [0.3, 0.4) is 0 Å². The van der Waals surface area contributed by atoms with Gasteiger partial charge in [0, 0.05) is 13.1 Å². The Kier molecular flexibility index (Phi) is 6.68. The number of rotatable bonds is 8. The molecular formula is C17H20F2N2O4S2. The highest BCUT2D eigenvalue weighted by Gasteiger charge is 2.18. The molecule has 2 rings (SSSR count). The van der Waals surface area contributed by atoms with Crippen LogP contribution in [0.1, 0.15) is 17.5 Å². The topological polar surface area (TPSA) is 92.3 Å². The Morgan fingerprint density at radius 1 is 0.741 bits per heavy atom. The van der Waals surface area contributed by atoms with E-state index in [2.05, 4.69) is 9.44 Å². The minimum atomic E-state index is -3.82. The number of sulfonamides is 2. The first-order valence-corrected chi connectivity index (χ1v) is 11.0. The average molecular weight is 418 g/mol. The smallest absolute Gasteiger partial charge is 0.211 e. The van der Waals surface area contributed by atoms with E-state index in [0.29, 0.717) is 0 Å². The highest BCUT2D eigenvalue weighted by molar-refractivity contribution is 7.89. The maximum atomic E-state index is 13.1. The van der Waals surface area contributed by atoms with Gasteiger partial charge in [-0.3, -0.25) is 0 Å². The Balaban J connectivity index is 1.91. The summed E-state index contributed by atoms with van der Waals surface area (Å²) in [5, 5.41) is 0. The fraction of sp³-hybridized carbons (Fsp3) is 0.294. The Hall–Kier alpha value is -1.88. The zero-order valence-electron chi connectivity index (χ0n) is 14.8. The summed E-state index contributed by atoms with van der Waals surface area (Å²) in [5.74, 6) is -1.06. The van der Waals surface area contributed by atoms with Crippen LogP contribution in [-0.4, -0.2) is 29.9 Å². The van der Waals surface area contributed by atoms with Crippen molar-refractivity contribution in [3.05, 3.63) is 59.2 Å². The molecule has 0 amide bonds. The number of halogens is 2. The summed E-state index contributed by atoms with van der Waals surface area (Å²) in [5.41, 5.74) is 0.546. The van der Waals surface area contributed by atoms with Gasteiger partial charge in [0.1, 0.15) is 11.6 Å². The van der Waals surface area contributed by atoms with Crippen molar-refractivity contribution in [3.63, 3.8) is 0 Å². The first-order chi connectivity index (χ1) is 12.5. The molecule has 10 heteroatoms. The van der Waals surface area contributed by atoms with E-state index in [1.165, 1.54) is 26.0 Å². The molecule has 0 aliphatic heterocycles. The summed E-state index contributed by atoms with van der Waals surface area (Å²) in [6.07, 6.45) is 0.193. The normalized spacial score (nSPS) is 12.3. The lowest BCUT2D eigenvalue weighted by molar-refractivity contribution is 0.571. The summed E-state index contributed by atoms with van der Waals surface area (Å²) in [6, 6.07) is 6.70. The van der Waals surface area contributed by atoms with E-state index in [1.807, 2.05) is 0 Å². The molecule has 0 unspecified atom stereocenters. The van der Waals surface area contributed by atoms with Crippen molar-refractivity contribution in [2.75, 3.05) is 13.1 Å². The SMILES string of the molecule is Cc1cc(F)ccc1S(=O)(=O)NCCCNS(=O)(=O)c1ccc(F)cc1C. The highest BCUT2D eigenvalue weighted by Crippen LogP contribution is 2.17. The lowest BCUT2D eigenvalue weighted by Crippen LogP contribution is -2.30. The first kappa shape index (κ1) is 21.4. The molecule has 0 spiro atoms. The largest absolute Gasteiger partial charge is 0.240 e. The molecule has 0 atom stereocenters. The van der Waals surface area contributed by atoms with Gasteiger partial charge in [-0.2, -0.15) is 0 Å². The van der Waals surface area contributed by atoms with Crippen LogP contribution in [0, 0.1) is 25.5 Å². The van der Waals surface area contributed by atoms with Gasteiger partial charge < -0.3 is 0 Å². The lowest BCUT2D eigenvalue weighted by atomic mass is 10.2. The number of hydrogen-bond acceptors (Lipinski definition) is 4. The molecule has 2 aromatic rings. The molecule has 2 aromatic carbocycles. The summed E-state index contributed by atoms with van der Waals surface area (Å²) in [6.45, 7) is 2.95. The van der Waals surface area contributed by atoms with E-state index in [4.69, 9.17) is 0 Å². The van der Waals surface area contributed by atoms with Crippen LogP contribution in [-0.2, 0) is 20.0 Å². The van der Waals surface area contributed by atoms with Crippen molar-refractivity contribution in [1.82, 2.24) is 9.44 Å². The monoisotopic (exact) mass is 418 g/mol. The number of nitrogens with one attached hydrogen (secondary N) is 2. The standard InChI is InChI=1S/C17H20F2N2O4S2/c1-12-10-14(18)4-6-16(12)26(22,23)20-8-3-9-21-27(24,25)17-7-5-15(19)11-13(17)2/h4-7,10-11,20-21H,3,8-9H2,1-2H3. The third-order valence-corrected chi connectivity index (χ3v) is 7.03. The van der Waals surface area contributed by atoms with Gasteiger partial charge in [0.05, 0.1) is 9.79 Å². The minimum Gasteiger partial charge on any atom is -0.211 e. The van der Waals surface area contributed by atoms with Crippen LogP contribution >= 0.6 is 0 Å². The predicted octanol–water partition coefficient (Wildman–Crippen LogP) is 2.23. The zero-order valence-corrected chi connectivity index (χ0v) is 16.4. The van der Waals surface area contributed by atoms with Gasteiger partial charge in [0.15, 0.2) is 0 Å². The number of aryl methyl sites for hydroxylation is 2. The molecule has 0 aromatic heterocycles. The second-order valence-electron chi connectivity index (χ2n) is 5.97. The van der Waals surface area contributed by atoms with Crippen LogP contribution in [0.15, 0.2) is 46.2 Å². The summed E-state index contributed by atoms with van der Waals surface area (Å²) >= 11 is 0. The second kappa shape index (κ2) is 8.42. The Morgan fingerprint density at radius 3 is 1.44 bits per heavy atom. The number of benzene rings is 2. The van der Waals surface area contributed by atoms with E-state index in [-0.39, 0.29) is 40.4 Å². The lowest BCUT2D eigenvalue weighted by Gasteiger charge is -2.11. The predicted molar refractivity (Wildman–Crippen MR) is 97.3 cm³/mol. The Bertz CT molecular complexity index is 955. The average Bonchev–Trinajstić information content (AvgIpc) is 2.53. The van der Waals surface area contributed by atoms with Crippen molar-refractivity contribution < 1.29 is 25.6 Å². The summed E-state index contributed by atoms with van der Waals surface area (Å²) in [4.78, 5) is -0.0714. The first-order valence-electron chi connectivity index (χ1n) is 8.04. The molecule has 0 radical (unpaired) electrons. The van der Waals surface area contributed by atoms with E-state index in [1.54, 1.807) is 0 Å². The Labute approximate surface area is 157 Å². The van der Waals surface area contributed by atoms with Gasteiger partial charge in [-0.15, -0.1) is 0 Å². The van der Waals surface area contributed by atoms with Gasteiger partial charge in [-0.05, 0) is 67.8 Å². The van der Waals surface area contributed by atoms with Gasteiger partial charge >= 0.3 is 0 Å². The fourth-order valence-corrected chi connectivity index (χ4v) is 5.08. The zero-order chi connectivity index (χ0) is 20.2.